The van der Waals surface area contributed by atoms with E-state index < -0.39 is 23.7 Å². The van der Waals surface area contributed by atoms with Gasteiger partial charge in [0.2, 0.25) is 5.91 Å². The Labute approximate surface area is 190 Å². The van der Waals surface area contributed by atoms with Gasteiger partial charge >= 0.3 is 0 Å². The number of allylic oxidation sites excluding steroid dienone is 2. The van der Waals surface area contributed by atoms with Crippen LogP contribution in [0.1, 0.15) is 38.8 Å². The number of hydrogen-bond acceptors (Lipinski definition) is 7. The Balaban J connectivity index is 1.54. The number of rotatable bonds is 6. The highest BCUT2D eigenvalue weighted by atomic mass is 19.1. The smallest absolute Gasteiger partial charge is 0.281 e. The zero-order valence-corrected chi connectivity index (χ0v) is 19.0. The first-order valence-corrected chi connectivity index (χ1v) is 10.6. The van der Waals surface area contributed by atoms with Crippen molar-refractivity contribution in [3.05, 3.63) is 46.1 Å². The van der Waals surface area contributed by atoms with Crippen LogP contribution in [-0.4, -0.2) is 36.3 Å². The summed E-state index contributed by atoms with van der Waals surface area (Å²) in [6, 6.07) is 4.00. The normalized spacial score (nSPS) is 18.6. The Morgan fingerprint density at radius 3 is 2.82 bits per heavy atom. The summed E-state index contributed by atoms with van der Waals surface area (Å²) in [6.07, 6.45) is 3.97. The van der Waals surface area contributed by atoms with Crippen LogP contribution in [0, 0.1) is 11.2 Å². The zero-order valence-electron chi connectivity index (χ0n) is 19.0. The number of nitrogens with one attached hydrogen (secondary N) is 2. The Morgan fingerprint density at radius 2 is 2.15 bits per heavy atom. The van der Waals surface area contributed by atoms with E-state index in [1.807, 2.05) is 0 Å². The second-order valence-corrected chi connectivity index (χ2v) is 8.87. The van der Waals surface area contributed by atoms with Crippen LogP contribution in [0.25, 0.3) is 5.57 Å². The van der Waals surface area contributed by atoms with E-state index in [0.717, 1.165) is 35.6 Å². The number of anilines is 2. The van der Waals surface area contributed by atoms with Gasteiger partial charge in [-0.2, -0.15) is 5.10 Å². The van der Waals surface area contributed by atoms with Crippen molar-refractivity contribution in [2.24, 2.45) is 5.41 Å². The Hall–Kier alpha value is -3.40. The summed E-state index contributed by atoms with van der Waals surface area (Å²) in [5, 5.41) is 9.85. The molecule has 0 bridgehead atoms. The molecule has 2 heterocycles. The number of benzene rings is 1. The minimum absolute atomic E-state index is 0.0152. The molecular formula is C23H27FN4O5. The van der Waals surface area contributed by atoms with Crippen LogP contribution in [-0.2, 0) is 16.1 Å². The van der Waals surface area contributed by atoms with Crippen molar-refractivity contribution in [3.63, 3.8) is 0 Å². The monoisotopic (exact) mass is 458 g/mol. The third-order valence-corrected chi connectivity index (χ3v) is 5.79. The molecule has 1 aromatic heterocycles. The number of amides is 1. The number of aromatic nitrogens is 2. The molecule has 0 radical (unpaired) electrons. The molecule has 0 saturated carbocycles. The van der Waals surface area contributed by atoms with E-state index in [9.17, 15) is 14.0 Å². The highest BCUT2D eigenvalue weighted by Gasteiger charge is 2.27. The number of fused-ring (bicyclic) bond motifs is 1. The van der Waals surface area contributed by atoms with Crippen LogP contribution in [0.5, 0.6) is 11.5 Å². The first-order chi connectivity index (χ1) is 15.7. The SMILES string of the molecule is COc1cc(=O)n(CC(=O)Nc2cc(F)c3c(c2)NC(OC)O3)nc1C1=CCC(C)(C)CC1. The molecule has 2 N–H and O–H groups in total. The summed E-state index contributed by atoms with van der Waals surface area (Å²) in [4.78, 5) is 25.2. The Kier molecular flexibility index (Phi) is 6.11. The standard InChI is InChI=1S/C23H27FN4O5/c1-23(2)7-5-13(6-8-23)20-17(31-3)11-19(30)28(27-20)12-18(29)25-14-9-15(24)21-16(10-14)26-22(32-4)33-21/h5,9-11,22,26H,6-8,12H2,1-4H3,(H,25,29). The maximum atomic E-state index is 14.3. The first kappa shape index (κ1) is 22.8. The molecule has 0 saturated heterocycles. The van der Waals surface area contributed by atoms with Gasteiger partial charge in [0, 0.05) is 24.9 Å². The van der Waals surface area contributed by atoms with Gasteiger partial charge in [-0.15, -0.1) is 0 Å². The molecule has 1 atom stereocenters. The van der Waals surface area contributed by atoms with E-state index in [-0.39, 0.29) is 23.4 Å². The highest BCUT2D eigenvalue weighted by molar-refractivity contribution is 5.91. The summed E-state index contributed by atoms with van der Waals surface area (Å²) in [6.45, 7) is 4.07. The Morgan fingerprint density at radius 1 is 1.36 bits per heavy atom. The van der Waals surface area contributed by atoms with Crippen LogP contribution < -0.4 is 25.7 Å². The summed E-state index contributed by atoms with van der Waals surface area (Å²) in [5.41, 5.74) is 1.84. The lowest BCUT2D eigenvalue weighted by atomic mass is 9.78. The highest BCUT2D eigenvalue weighted by Crippen LogP contribution is 2.39. The molecule has 0 spiro atoms. The average Bonchev–Trinajstić information content (AvgIpc) is 3.19. The number of carbonyl (C=O) groups excluding carboxylic acids is 1. The average molecular weight is 458 g/mol. The molecule has 33 heavy (non-hydrogen) atoms. The van der Waals surface area contributed by atoms with Crippen molar-refractivity contribution < 1.29 is 23.4 Å². The summed E-state index contributed by atoms with van der Waals surface area (Å²) in [7, 11) is 2.90. The molecule has 9 nitrogen and oxygen atoms in total. The topological polar surface area (TPSA) is 104 Å². The maximum absolute atomic E-state index is 14.3. The van der Waals surface area contributed by atoms with Gasteiger partial charge in [0.25, 0.3) is 12.0 Å². The van der Waals surface area contributed by atoms with Crippen molar-refractivity contribution in [1.82, 2.24) is 9.78 Å². The fraction of sp³-hybridized carbons (Fsp3) is 0.435. The fourth-order valence-electron chi connectivity index (χ4n) is 3.86. The number of carbonyl (C=O) groups is 1. The van der Waals surface area contributed by atoms with Gasteiger partial charge in [0.1, 0.15) is 12.2 Å². The minimum atomic E-state index is -0.805. The van der Waals surface area contributed by atoms with Crippen LogP contribution in [0.4, 0.5) is 15.8 Å². The van der Waals surface area contributed by atoms with E-state index >= 15 is 0 Å². The molecule has 0 fully saturated rings. The molecule has 2 aliphatic rings. The fourth-order valence-corrected chi connectivity index (χ4v) is 3.86. The molecule has 4 rings (SSSR count). The van der Waals surface area contributed by atoms with Crippen LogP contribution in [0.15, 0.2) is 29.1 Å². The lowest BCUT2D eigenvalue weighted by molar-refractivity contribution is -0.117. The van der Waals surface area contributed by atoms with Gasteiger partial charge in [-0.05, 0) is 36.3 Å². The van der Waals surface area contributed by atoms with Crippen molar-refractivity contribution in [2.75, 3.05) is 24.9 Å². The molecule has 10 heteroatoms. The van der Waals surface area contributed by atoms with Gasteiger partial charge in [0.15, 0.2) is 17.3 Å². The van der Waals surface area contributed by atoms with Crippen molar-refractivity contribution in [2.45, 2.75) is 46.1 Å². The van der Waals surface area contributed by atoms with E-state index in [0.29, 0.717) is 17.1 Å². The number of ether oxygens (including phenoxy) is 3. The number of methoxy groups -OCH3 is 2. The lowest BCUT2D eigenvalue weighted by Gasteiger charge is -2.28. The number of hydrogen-bond donors (Lipinski definition) is 2. The van der Waals surface area contributed by atoms with E-state index in [4.69, 9.17) is 14.2 Å². The van der Waals surface area contributed by atoms with E-state index in [1.165, 1.54) is 26.4 Å². The number of halogens is 1. The van der Waals surface area contributed by atoms with Crippen LogP contribution in [0.2, 0.25) is 0 Å². The minimum Gasteiger partial charge on any atom is -0.494 e. The predicted molar refractivity (Wildman–Crippen MR) is 121 cm³/mol. The van der Waals surface area contributed by atoms with Gasteiger partial charge < -0.3 is 24.8 Å². The van der Waals surface area contributed by atoms with Crippen molar-refractivity contribution in [3.8, 4) is 11.5 Å². The van der Waals surface area contributed by atoms with Crippen LogP contribution >= 0.6 is 0 Å². The largest absolute Gasteiger partial charge is 0.494 e. The van der Waals surface area contributed by atoms with Gasteiger partial charge in [0.05, 0.1) is 12.8 Å². The molecule has 1 aliphatic heterocycles. The molecular weight excluding hydrogens is 431 g/mol. The predicted octanol–water partition coefficient (Wildman–Crippen LogP) is 3.36. The van der Waals surface area contributed by atoms with Gasteiger partial charge in [-0.3, -0.25) is 9.59 Å². The van der Waals surface area contributed by atoms with Crippen LogP contribution in [0.3, 0.4) is 0 Å². The van der Waals surface area contributed by atoms with Crippen molar-refractivity contribution >= 4 is 22.9 Å². The molecule has 1 amide bonds. The quantitative estimate of drug-likeness (QED) is 0.684. The van der Waals surface area contributed by atoms with Crippen molar-refractivity contribution in [1.29, 1.82) is 0 Å². The second kappa shape index (κ2) is 8.86. The maximum Gasteiger partial charge on any atom is 0.281 e. The van der Waals surface area contributed by atoms with E-state index in [1.54, 1.807) is 0 Å². The Bertz CT molecular complexity index is 1170. The van der Waals surface area contributed by atoms with Gasteiger partial charge in [-0.1, -0.05) is 19.9 Å². The summed E-state index contributed by atoms with van der Waals surface area (Å²) < 4.78 is 31.1. The molecule has 1 aromatic carbocycles. The van der Waals surface area contributed by atoms with Gasteiger partial charge in [-0.25, -0.2) is 9.07 Å². The summed E-state index contributed by atoms with van der Waals surface area (Å²) >= 11 is 0. The molecule has 2 aromatic rings. The number of nitrogens with zero attached hydrogens (tertiary/aromatic N) is 2. The molecule has 176 valence electrons. The third kappa shape index (κ3) is 4.85. The van der Waals surface area contributed by atoms with E-state index in [2.05, 4.69) is 35.7 Å². The molecule has 1 aliphatic carbocycles. The lowest BCUT2D eigenvalue weighted by Crippen LogP contribution is -2.30. The molecule has 1 unspecified atom stereocenters. The third-order valence-electron chi connectivity index (χ3n) is 5.79. The zero-order chi connectivity index (χ0) is 23.8. The summed E-state index contributed by atoms with van der Waals surface area (Å²) in [5.74, 6) is -0.784. The second-order valence-electron chi connectivity index (χ2n) is 8.87. The first-order valence-electron chi connectivity index (χ1n) is 10.6.